The summed E-state index contributed by atoms with van der Waals surface area (Å²) in [5.74, 6) is -0.0452. The molecule has 1 saturated carbocycles. The second-order valence-corrected chi connectivity index (χ2v) is 5.81. The predicted octanol–water partition coefficient (Wildman–Crippen LogP) is 2.61. The monoisotopic (exact) mass is 309 g/mol. The summed E-state index contributed by atoms with van der Waals surface area (Å²) in [6, 6.07) is 5.00. The molecule has 0 heterocycles. The minimum Gasteiger partial charge on any atom is -0.330 e. The molecular weight excluding hydrogens is 290 g/mol. The number of amides is 2. The third kappa shape index (κ3) is 3.95. The fraction of sp³-hybridized carbons (Fsp3) is 0.467. The lowest BCUT2D eigenvalue weighted by atomic mass is 9.95. The van der Waals surface area contributed by atoms with Crippen LogP contribution in [0.25, 0.3) is 0 Å². The Morgan fingerprint density at radius 2 is 2.10 bits per heavy atom. The van der Waals surface area contributed by atoms with Gasteiger partial charge in [0.2, 0.25) is 11.8 Å². The van der Waals surface area contributed by atoms with Crippen molar-refractivity contribution in [2.45, 2.75) is 26.2 Å². The molecule has 0 aliphatic heterocycles. The van der Waals surface area contributed by atoms with Crippen molar-refractivity contribution in [1.29, 1.82) is 0 Å². The van der Waals surface area contributed by atoms with Crippen LogP contribution in [0.5, 0.6) is 0 Å². The second-order valence-electron chi connectivity index (χ2n) is 5.40. The third-order valence-electron chi connectivity index (χ3n) is 3.84. The minimum absolute atomic E-state index is 0.0511. The number of carbonyl (C=O) groups excluding carboxylic acids is 2. The Bertz CT molecular complexity index is 548. The van der Waals surface area contributed by atoms with Crippen LogP contribution in [0.3, 0.4) is 0 Å². The van der Waals surface area contributed by atoms with Crippen LogP contribution in [-0.4, -0.2) is 18.4 Å². The van der Waals surface area contributed by atoms with Gasteiger partial charge in [0.25, 0.3) is 0 Å². The van der Waals surface area contributed by atoms with Gasteiger partial charge in [-0.05, 0) is 43.5 Å². The molecule has 1 aromatic rings. The van der Waals surface area contributed by atoms with Gasteiger partial charge in [-0.3, -0.25) is 9.59 Å². The van der Waals surface area contributed by atoms with Crippen molar-refractivity contribution < 1.29 is 9.59 Å². The van der Waals surface area contributed by atoms with Gasteiger partial charge < -0.3 is 16.4 Å². The smallest absolute Gasteiger partial charge is 0.227 e. The molecule has 0 spiro atoms. The first-order valence-electron chi connectivity index (χ1n) is 7.09. The lowest BCUT2D eigenvalue weighted by molar-refractivity contribution is -0.120. The van der Waals surface area contributed by atoms with E-state index in [1.54, 1.807) is 18.2 Å². The van der Waals surface area contributed by atoms with Crippen LogP contribution in [0.1, 0.15) is 26.2 Å². The van der Waals surface area contributed by atoms with Gasteiger partial charge in [0.1, 0.15) is 0 Å². The van der Waals surface area contributed by atoms with E-state index < -0.39 is 0 Å². The van der Waals surface area contributed by atoms with Gasteiger partial charge in [-0.25, -0.2) is 0 Å². The molecule has 1 fully saturated rings. The van der Waals surface area contributed by atoms with E-state index in [0.717, 1.165) is 19.3 Å². The minimum atomic E-state index is -0.173. The molecule has 2 amide bonds. The first-order chi connectivity index (χ1) is 10.0. The number of benzene rings is 1. The van der Waals surface area contributed by atoms with E-state index in [2.05, 4.69) is 10.6 Å². The summed E-state index contributed by atoms with van der Waals surface area (Å²) in [7, 11) is 0. The Hall–Kier alpha value is -1.59. The van der Waals surface area contributed by atoms with Gasteiger partial charge in [0, 0.05) is 18.5 Å². The molecule has 1 aromatic carbocycles. The Kier molecular flexibility index (Phi) is 5.20. The highest BCUT2D eigenvalue weighted by atomic mass is 35.5. The van der Waals surface area contributed by atoms with Crippen LogP contribution in [-0.2, 0) is 9.59 Å². The van der Waals surface area contributed by atoms with Crippen LogP contribution in [0, 0.1) is 11.8 Å². The number of anilines is 2. The number of nitrogens with two attached hydrogens (primary N) is 1. The number of halogens is 1. The van der Waals surface area contributed by atoms with Gasteiger partial charge in [-0.1, -0.05) is 18.0 Å². The standard InChI is InChI=1S/C15H20ClN3O2/c1-9(20)18-11-5-6-13(16)14(7-11)19-15(21)12-4-2-3-10(12)8-17/h5-7,10,12H,2-4,8,17H2,1H3,(H,18,20)(H,19,21)/t10-,12-/m1/s1. The van der Waals surface area contributed by atoms with Crippen molar-refractivity contribution in [3.05, 3.63) is 23.2 Å². The lowest BCUT2D eigenvalue weighted by Gasteiger charge is -2.18. The number of hydrogen-bond acceptors (Lipinski definition) is 3. The van der Waals surface area contributed by atoms with E-state index in [9.17, 15) is 9.59 Å². The Morgan fingerprint density at radius 3 is 2.76 bits per heavy atom. The maximum Gasteiger partial charge on any atom is 0.227 e. The summed E-state index contributed by atoms with van der Waals surface area (Å²) in [5.41, 5.74) is 6.82. The molecule has 114 valence electrons. The first kappa shape index (κ1) is 15.8. The van der Waals surface area contributed by atoms with E-state index in [4.69, 9.17) is 17.3 Å². The molecule has 2 rings (SSSR count). The topological polar surface area (TPSA) is 84.2 Å². The van der Waals surface area contributed by atoms with Crippen molar-refractivity contribution in [3.8, 4) is 0 Å². The van der Waals surface area contributed by atoms with Crippen LogP contribution in [0.15, 0.2) is 18.2 Å². The van der Waals surface area contributed by atoms with Crippen LogP contribution in [0.2, 0.25) is 5.02 Å². The van der Waals surface area contributed by atoms with E-state index in [-0.39, 0.29) is 23.7 Å². The average molecular weight is 310 g/mol. The molecule has 0 saturated heterocycles. The Balaban J connectivity index is 2.11. The number of carbonyl (C=O) groups is 2. The lowest BCUT2D eigenvalue weighted by Crippen LogP contribution is -2.29. The zero-order chi connectivity index (χ0) is 15.4. The summed E-state index contributed by atoms with van der Waals surface area (Å²) in [4.78, 5) is 23.4. The van der Waals surface area contributed by atoms with Crippen molar-refractivity contribution in [2.75, 3.05) is 17.2 Å². The molecule has 0 bridgehead atoms. The molecule has 0 aromatic heterocycles. The maximum absolute atomic E-state index is 12.4. The van der Waals surface area contributed by atoms with Crippen LogP contribution >= 0.6 is 11.6 Å². The molecule has 2 atom stereocenters. The molecule has 1 aliphatic rings. The highest BCUT2D eigenvalue weighted by Crippen LogP contribution is 2.33. The molecule has 5 nitrogen and oxygen atoms in total. The fourth-order valence-corrected chi connectivity index (χ4v) is 2.96. The predicted molar refractivity (Wildman–Crippen MR) is 84.3 cm³/mol. The van der Waals surface area contributed by atoms with Crippen LogP contribution in [0.4, 0.5) is 11.4 Å². The zero-order valence-electron chi connectivity index (χ0n) is 12.0. The van der Waals surface area contributed by atoms with E-state index in [1.165, 1.54) is 6.92 Å². The molecule has 6 heteroatoms. The zero-order valence-corrected chi connectivity index (χ0v) is 12.7. The van der Waals surface area contributed by atoms with Crippen molar-refractivity contribution in [3.63, 3.8) is 0 Å². The highest BCUT2D eigenvalue weighted by molar-refractivity contribution is 6.33. The van der Waals surface area contributed by atoms with E-state index in [0.29, 0.717) is 22.9 Å². The first-order valence-corrected chi connectivity index (χ1v) is 7.47. The van der Waals surface area contributed by atoms with Gasteiger partial charge in [0.05, 0.1) is 10.7 Å². The number of hydrogen-bond donors (Lipinski definition) is 3. The normalized spacial score (nSPS) is 21.1. The quantitative estimate of drug-likeness (QED) is 0.799. The third-order valence-corrected chi connectivity index (χ3v) is 4.17. The van der Waals surface area contributed by atoms with Gasteiger partial charge >= 0.3 is 0 Å². The van der Waals surface area contributed by atoms with E-state index >= 15 is 0 Å². The summed E-state index contributed by atoms with van der Waals surface area (Å²) >= 11 is 6.10. The maximum atomic E-state index is 12.4. The van der Waals surface area contributed by atoms with Gasteiger partial charge in [0.15, 0.2) is 0 Å². The van der Waals surface area contributed by atoms with Crippen LogP contribution < -0.4 is 16.4 Å². The van der Waals surface area contributed by atoms with Gasteiger partial charge in [-0.15, -0.1) is 0 Å². The average Bonchev–Trinajstić information content (AvgIpc) is 2.90. The molecule has 21 heavy (non-hydrogen) atoms. The highest BCUT2D eigenvalue weighted by Gasteiger charge is 2.32. The van der Waals surface area contributed by atoms with Crippen molar-refractivity contribution >= 4 is 34.8 Å². The molecule has 1 aliphatic carbocycles. The van der Waals surface area contributed by atoms with Gasteiger partial charge in [-0.2, -0.15) is 0 Å². The van der Waals surface area contributed by atoms with Crippen molar-refractivity contribution in [2.24, 2.45) is 17.6 Å². The Morgan fingerprint density at radius 1 is 1.33 bits per heavy atom. The largest absolute Gasteiger partial charge is 0.330 e. The summed E-state index contributed by atoms with van der Waals surface area (Å²) in [6.45, 7) is 1.95. The number of rotatable bonds is 4. The Labute approximate surface area is 129 Å². The molecule has 0 radical (unpaired) electrons. The SMILES string of the molecule is CC(=O)Nc1ccc(Cl)c(NC(=O)[C@@H]2CCC[C@@H]2CN)c1. The second kappa shape index (κ2) is 6.91. The molecular formula is C15H20ClN3O2. The van der Waals surface area contributed by atoms with E-state index in [1.807, 2.05) is 0 Å². The molecule has 4 N–H and O–H groups in total. The molecule has 0 unspecified atom stereocenters. The number of nitrogens with one attached hydrogen (secondary N) is 2. The summed E-state index contributed by atoms with van der Waals surface area (Å²) < 4.78 is 0. The summed E-state index contributed by atoms with van der Waals surface area (Å²) in [6.07, 6.45) is 2.88. The fourth-order valence-electron chi connectivity index (χ4n) is 2.79. The summed E-state index contributed by atoms with van der Waals surface area (Å²) in [5, 5.41) is 5.96. The van der Waals surface area contributed by atoms with Crippen molar-refractivity contribution in [1.82, 2.24) is 0 Å².